The Hall–Kier alpha value is -2.18. The van der Waals surface area contributed by atoms with Gasteiger partial charge < -0.3 is 10.1 Å². The predicted molar refractivity (Wildman–Crippen MR) is 116 cm³/mol. The van der Waals surface area contributed by atoms with Crippen molar-refractivity contribution in [1.82, 2.24) is 4.90 Å². The third kappa shape index (κ3) is 6.41. The van der Waals surface area contributed by atoms with Crippen molar-refractivity contribution in [2.45, 2.75) is 15.8 Å². The molecule has 3 rings (SSSR count). The Morgan fingerprint density at radius 2 is 1.90 bits per heavy atom. The van der Waals surface area contributed by atoms with E-state index in [-0.39, 0.29) is 22.3 Å². The first-order chi connectivity index (χ1) is 14.3. The Morgan fingerprint density at radius 3 is 2.53 bits per heavy atom. The third-order valence-electron chi connectivity index (χ3n) is 4.63. The highest BCUT2D eigenvalue weighted by Gasteiger charge is 2.23. The molecule has 0 aromatic heterocycles. The van der Waals surface area contributed by atoms with Crippen molar-refractivity contribution in [1.29, 1.82) is 0 Å². The molecule has 1 aliphatic heterocycles. The summed E-state index contributed by atoms with van der Waals surface area (Å²) >= 11 is 1.65. The van der Waals surface area contributed by atoms with Crippen LogP contribution in [0.3, 0.4) is 0 Å². The third-order valence-corrected chi connectivity index (χ3v) is 6.72. The molecule has 1 atom stereocenters. The maximum atomic E-state index is 11.6. The van der Waals surface area contributed by atoms with Gasteiger partial charge in [-0.2, -0.15) is 0 Å². The fourth-order valence-electron chi connectivity index (χ4n) is 3.13. The van der Waals surface area contributed by atoms with E-state index in [1.165, 1.54) is 12.1 Å². The van der Waals surface area contributed by atoms with Crippen LogP contribution in [0, 0.1) is 10.1 Å². The summed E-state index contributed by atoms with van der Waals surface area (Å²) in [5.41, 5.74) is -0.0578. The lowest BCUT2D eigenvalue weighted by atomic mass is 10.2. The molecule has 30 heavy (non-hydrogen) atoms. The molecule has 1 unspecified atom stereocenters. The van der Waals surface area contributed by atoms with Crippen LogP contribution in [0.15, 0.2) is 58.3 Å². The van der Waals surface area contributed by atoms with Crippen LogP contribution in [0.25, 0.3) is 0 Å². The zero-order valence-corrected chi connectivity index (χ0v) is 17.9. The highest BCUT2D eigenvalue weighted by atomic mass is 32.2. The molecule has 2 aromatic carbocycles. The number of anilines is 1. The van der Waals surface area contributed by atoms with Gasteiger partial charge in [-0.25, -0.2) is 13.6 Å². The number of nitro groups is 1. The Labute approximate surface area is 179 Å². The molecule has 3 N–H and O–H groups in total. The molecule has 9 nitrogen and oxygen atoms in total. The van der Waals surface area contributed by atoms with Crippen molar-refractivity contribution in [3.63, 3.8) is 0 Å². The molecule has 1 fully saturated rings. The number of nitrogens with one attached hydrogen (secondary N) is 1. The van der Waals surface area contributed by atoms with Crippen LogP contribution in [-0.2, 0) is 14.8 Å². The molecule has 11 heteroatoms. The van der Waals surface area contributed by atoms with Gasteiger partial charge in [0.1, 0.15) is 5.69 Å². The van der Waals surface area contributed by atoms with Crippen LogP contribution in [0.4, 0.5) is 11.4 Å². The van der Waals surface area contributed by atoms with Gasteiger partial charge in [-0.3, -0.25) is 15.0 Å². The lowest BCUT2D eigenvalue weighted by Crippen LogP contribution is -2.44. The molecule has 0 radical (unpaired) electrons. The van der Waals surface area contributed by atoms with E-state index in [0.29, 0.717) is 25.5 Å². The average Bonchev–Trinajstić information content (AvgIpc) is 2.73. The minimum Gasteiger partial charge on any atom is -0.379 e. The van der Waals surface area contributed by atoms with Crippen LogP contribution in [0.1, 0.15) is 0 Å². The summed E-state index contributed by atoms with van der Waals surface area (Å²) in [4.78, 5) is 14.0. The monoisotopic (exact) mass is 452 g/mol. The fraction of sp³-hybridized carbons (Fsp3) is 0.368. The summed E-state index contributed by atoms with van der Waals surface area (Å²) in [7, 11) is -4.03. The van der Waals surface area contributed by atoms with Crippen molar-refractivity contribution >= 4 is 33.2 Å². The highest BCUT2D eigenvalue weighted by molar-refractivity contribution is 7.99. The van der Waals surface area contributed by atoms with Gasteiger partial charge in [0.2, 0.25) is 10.0 Å². The second kappa shape index (κ2) is 10.2. The summed E-state index contributed by atoms with van der Waals surface area (Å²) in [6.07, 6.45) is 0. The van der Waals surface area contributed by atoms with E-state index in [1.807, 2.05) is 30.3 Å². The van der Waals surface area contributed by atoms with Crippen LogP contribution in [-0.4, -0.2) is 62.9 Å². The highest BCUT2D eigenvalue weighted by Crippen LogP contribution is 2.29. The van der Waals surface area contributed by atoms with Crippen molar-refractivity contribution < 1.29 is 18.1 Å². The van der Waals surface area contributed by atoms with Crippen molar-refractivity contribution in [3.8, 4) is 0 Å². The van der Waals surface area contributed by atoms with Crippen molar-refractivity contribution in [2.24, 2.45) is 5.14 Å². The van der Waals surface area contributed by atoms with E-state index in [0.717, 1.165) is 24.1 Å². The zero-order valence-electron chi connectivity index (χ0n) is 16.3. The molecule has 162 valence electrons. The zero-order chi connectivity index (χ0) is 21.6. The molecule has 1 aliphatic rings. The number of ether oxygens (including phenoxy) is 1. The van der Waals surface area contributed by atoms with E-state index in [2.05, 4.69) is 10.2 Å². The Bertz CT molecular complexity index is 966. The maximum absolute atomic E-state index is 11.6. The summed E-state index contributed by atoms with van der Waals surface area (Å²) in [5.74, 6) is 0.676. The lowest BCUT2D eigenvalue weighted by Gasteiger charge is -2.31. The van der Waals surface area contributed by atoms with Gasteiger partial charge in [0, 0.05) is 42.4 Å². The van der Waals surface area contributed by atoms with Gasteiger partial charge in [-0.15, -0.1) is 11.8 Å². The SMILES string of the molecule is NS(=O)(=O)c1ccc(NC(CSc2ccccc2)CN2CCOCC2)c([N+](=O)[O-])c1. The summed E-state index contributed by atoms with van der Waals surface area (Å²) < 4.78 is 28.6. The van der Waals surface area contributed by atoms with Gasteiger partial charge in [0.25, 0.3) is 5.69 Å². The van der Waals surface area contributed by atoms with Crippen LogP contribution >= 0.6 is 11.8 Å². The number of hydrogen-bond donors (Lipinski definition) is 2. The summed E-state index contributed by atoms with van der Waals surface area (Å²) in [5, 5.41) is 19.9. The standard InChI is InChI=1S/C19H24N4O5S2/c20-30(26,27)17-6-7-18(19(12-17)23(24)25)21-15(13-22-8-10-28-11-9-22)14-29-16-4-2-1-3-5-16/h1-7,12,15,21H,8-11,13-14H2,(H2,20,26,27). The van der Waals surface area contributed by atoms with Gasteiger partial charge in [0.15, 0.2) is 0 Å². The Balaban J connectivity index is 1.80. The maximum Gasteiger partial charge on any atom is 0.293 e. The van der Waals surface area contributed by atoms with Crippen LogP contribution in [0.2, 0.25) is 0 Å². The molecule has 2 aromatic rings. The van der Waals surface area contributed by atoms with E-state index < -0.39 is 14.9 Å². The number of benzene rings is 2. The number of nitro benzene ring substituents is 1. The van der Waals surface area contributed by atoms with Gasteiger partial charge in [-0.05, 0) is 24.3 Å². The van der Waals surface area contributed by atoms with Gasteiger partial charge >= 0.3 is 0 Å². The smallest absolute Gasteiger partial charge is 0.293 e. The number of rotatable bonds is 9. The quantitative estimate of drug-likeness (QED) is 0.336. The first-order valence-corrected chi connectivity index (χ1v) is 11.9. The van der Waals surface area contributed by atoms with E-state index in [4.69, 9.17) is 9.88 Å². The van der Waals surface area contributed by atoms with E-state index >= 15 is 0 Å². The summed E-state index contributed by atoms with van der Waals surface area (Å²) in [6, 6.07) is 13.5. The normalized spacial score (nSPS) is 16.2. The molecule has 0 bridgehead atoms. The van der Waals surface area contributed by atoms with E-state index in [1.54, 1.807) is 11.8 Å². The largest absolute Gasteiger partial charge is 0.379 e. The second-order valence-electron chi connectivity index (χ2n) is 6.86. The number of nitrogens with two attached hydrogens (primary N) is 1. The molecule has 0 saturated carbocycles. The minimum atomic E-state index is -4.03. The summed E-state index contributed by atoms with van der Waals surface area (Å²) in [6.45, 7) is 3.57. The Kier molecular flexibility index (Phi) is 7.67. The first-order valence-electron chi connectivity index (χ1n) is 9.38. The van der Waals surface area contributed by atoms with Crippen molar-refractivity contribution in [3.05, 3.63) is 58.6 Å². The van der Waals surface area contributed by atoms with Crippen molar-refractivity contribution in [2.75, 3.05) is 43.9 Å². The number of nitrogens with zero attached hydrogens (tertiary/aromatic N) is 2. The number of primary sulfonamides is 1. The van der Waals surface area contributed by atoms with Crippen LogP contribution in [0.5, 0.6) is 0 Å². The molecule has 0 spiro atoms. The average molecular weight is 453 g/mol. The number of hydrogen-bond acceptors (Lipinski definition) is 8. The number of morpholine rings is 1. The Morgan fingerprint density at radius 1 is 1.20 bits per heavy atom. The van der Waals surface area contributed by atoms with Crippen LogP contribution < -0.4 is 10.5 Å². The molecular formula is C19H24N4O5S2. The number of sulfonamides is 1. The first kappa shape index (κ1) is 22.5. The second-order valence-corrected chi connectivity index (χ2v) is 9.51. The molecule has 0 amide bonds. The molecular weight excluding hydrogens is 428 g/mol. The molecule has 1 saturated heterocycles. The fourth-order valence-corrected chi connectivity index (χ4v) is 4.60. The molecule has 1 heterocycles. The predicted octanol–water partition coefficient (Wildman–Crippen LogP) is 2.15. The molecule has 0 aliphatic carbocycles. The van der Waals surface area contributed by atoms with Gasteiger partial charge in [0.05, 0.1) is 23.0 Å². The number of thioether (sulfide) groups is 1. The topological polar surface area (TPSA) is 128 Å². The minimum absolute atomic E-state index is 0.104. The lowest BCUT2D eigenvalue weighted by molar-refractivity contribution is -0.384. The van der Waals surface area contributed by atoms with E-state index in [9.17, 15) is 18.5 Å². The van der Waals surface area contributed by atoms with Gasteiger partial charge in [-0.1, -0.05) is 18.2 Å².